The Labute approximate surface area is 126 Å². The van der Waals surface area contributed by atoms with Gasteiger partial charge in [-0.2, -0.15) is 0 Å². The molecule has 0 spiro atoms. The molecule has 0 aliphatic heterocycles. The zero-order valence-corrected chi connectivity index (χ0v) is 13.3. The van der Waals surface area contributed by atoms with Crippen LogP contribution in [0, 0.1) is 5.92 Å². The lowest BCUT2D eigenvalue weighted by molar-refractivity contribution is 0.427. The molecule has 0 radical (unpaired) electrons. The van der Waals surface area contributed by atoms with Crippen LogP contribution >= 0.6 is 27.5 Å². The molecule has 2 heterocycles. The maximum atomic E-state index is 6.07. The molecule has 0 N–H and O–H groups in total. The van der Waals surface area contributed by atoms with Crippen LogP contribution in [0.15, 0.2) is 16.7 Å². The smallest absolute Gasteiger partial charge is 0.160 e. The lowest BCUT2D eigenvalue weighted by atomic mass is 10.1. The van der Waals surface area contributed by atoms with Crippen LogP contribution < -0.4 is 0 Å². The summed E-state index contributed by atoms with van der Waals surface area (Å²) >= 11 is 9.52. The molecular formula is C14H17BrClN3. The fourth-order valence-electron chi connectivity index (χ4n) is 2.68. The molecule has 0 saturated heterocycles. The van der Waals surface area contributed by atoms with Crippen LogP contribution in [0.3, 0.4) is 0 Å². The summed E-state index contributed by atoms with van der Waals surface area (Å²) in [5.74, 6) is 2.27. The van der Waals surface area contributed by atoms with Gasteiger partial charge in [-0.1, -0.05) is 19.8 Å². The monoisotopic (exact) mass is 341 g/mol. The Kier molecular flexibility index (Phi) is 3.81. The van der Waals surface area contributed by atoms with Crippen molar-refractivity contribution in [2.45, 2.75) is 44.5 Å². The van der Waals surface area contributed by atoms with E-state index >= 15 is 0 Å². The minimum atomic E-state index is 0.440. The molecule has 1 atom stereocenters. The van der Waals surface area contributed by atoms with Crippen LogP contribution in [0.25, 0.3) is 11.2 Å². The minimum Gasteiger partial charge on any atom is -0.309 e. The highest BCUT2D eigenvalue weighted by atomic mass is 79.9. The number of nitrogens with zero attached hydrogens (tertiary/aromatic N) is 3. The van der Waals surface area contributed by atoms with Crippen molar-refractivity contribution in [1.82, 2.24) is 14.5 Å². The maximum absolute atomic E-state index is 6.07. The number of hydrogen-bond donors (Lipinski definition) is 0. The standard InChI is InChI=1S/C14H17BrClN3/c1-2-11(5-9-3-4-9)19-13(7-16)18-12-6-10(15)8-17-14(12)19/h6,8-9,11H,2-5,7H2,1H3. The van der Waals surface area contributed by atoms with Crippen molar-refractivity contribution >= 4 is 38.7 Å². The van der Waals surface area contributed by atoms with Crippen molar-refractivity contribution in [2.24, 2.45) is 5.92 Å². The van der Waals surface area contributed by atoms with Gasteiger partial charge in [0.25, 0.3) is 0 Å². The summed E-state index contributed by atoms with van der Waals surface area (Å²) in [6.07, 6.45) is 6.91. The number of fused-ring (bicyclic) bond motifs is 1. The highest BCUT2D eigenvalue weighted by Gasteiger charge is 2.27. The fourth-order valence-corrected chi connectivity index (χ4v) is 3.18. The molecule has 5 heteroatoms. The molecule has 102 valence electrons. The first kappa shape index (κ1) is 13.4. The van der Waals surface area contributed by atoms with Crippen molar-refractivity contribution in [2.75, 3.05) is 0 Å². The van der Waals surface area contributed by atoms with E-state index in [2.05, 4.69) is 37.4 Å². The van der Waals surface area contributed by atoms with Crippen LogP contribution in [-0.4, -0.2) is 14.5 Å². The molecule has 3 nitrogen and oxygen atoms in total. The second-order valence-corrected chi connectivity index (χ2v) is 6.45. The number of aromatic nitrogens is 3. The Balaban J connectivity index is 2.07. The summed E-state index contributed by atoms with van der Waals surface area (Å²) in [5, 5.41) is 0. The van der Waals surface area contributed by atoms with E-state index in [4.69, 9.17) is 11.6 Å². The fraction of sp³-hybridized carbons (Fsp3) is 0.571. The molecule has 1 aliphatic carbocycles. The summed E-state index contributed by atoms with van der Waals surface area (Å²) < 4.78 is 3.22. The van der Waals surface area contributed by atoms with Gasteiger partial charge >= 0.3 is 0 Å². The molecule has 1 saturated carbocycles. The SMILES string of the molecule is CCC(CC1CC1)n1c(CCl)nc2cc(Br)cnc21. The molecule has 1 unspecified atom stereocenters. The second kappa shape index (κ2) is 5.41. The van der Waals surface area contributed by atoms with Gasteiger partial charge in [0.15, 0.2) is 5.65 Å². The Morgan fingerprint density at radius 2 is 2.32 bits per heavy atom. The van der Waals surface area contributed by atoms with Crippen LogP contribution in [0.2, 0.25) is 0 Å². The lowest BCUT2D eigenvalue weighted by Crippen LogP contribution is -2.12. The molecule has 0 amide bonds. The third-order valence-electron chi connectivity index (χ3n) is 3.83. The summed E-state index contributed by atoms with van der Waals surface area (Å²) in [4.78, 5) is 9.17. The second-order valence-electron chi connectivity index (χ2n) is 5.27. The Morgan fingerprint density at radius 1 is 1.53 bits per heavy atom. The zero-order chi connectivity index (χ0) is 13.4. The minimum absolute atomic E-state index is 0.440. The first-order valence-corrected chi connectivity index (χ1v) is 8.14. The first-order valence-electron chi connectivity index (χ1n) is 6.81. The largest absolute Gasteiger partial charge is 0.309 e. The summed E-state index contributed by atoms with van der Waals surface area (Å²) in [6, 6.07) is 2.48. The van der Waals surface area contributed by atoms with E-state index in [-0.39, 0.29) is 0 Å². The molecule has 0 aromatic carbocycles. The van der Waals surface area contributed by atoms with Crippen LogP contribution in [0.4, 0.5) is 0 Å². The van der Waals surface area contributed by atoms with Gasteiger partial charge in [0, 0.05) is 16.7 Å². The molecule has 19 heavy (non-hydrogen) atoms. The van der Waals surface area contributed by atoms with Crippen LogP contribution in [0.1, 0.15) is 44.5 Å². The number of imidazole rings is 1. The first-order chi connectivity index (χ1) is 9.22. The number of halogens is 2. The van der Waals surface area contributed by atoms with Gasteiger partial charge in [0.05, 0.1) is 5.88 Å². The highest BCUT2D eigenvalue weighted by molar-refractivity contribution is 9.10. The third-order valence-corrected chi connectivity index (χ3v) is 4.50. The number of alkyl halides is 1. The van der Waals surface area contributed by atoms with Crippen LogP contribution in [-0.2, 0) is 5.88 Å². The zero-order valence-electron chi connectivity index (χ0n) is 10.9. The number of pyridine rings is 1. The van der Waals surface area contributed by atoms with Gasteiger partial charge in [-0.3, -0.25) is 0 Å². The topological polar surface area (TPSA) is 30.7 Å². The molecule has 2 aromatic rings. The summed E-state index contributed by atoms with van der Waals surface area (Å²) in [5.41, 5.74) is 1.89. The van der Waals surface area contributed by atoms with Gasteiger partial charge in [-0.25, -0.2) is 9.97 Å². The lowest BCUT2D eigenvalue weighted by Gasteiger charge is -2.19. The van der Waals surface area contributed by atoms with E-state index in [9.17, 15) is 0 Å². The van der Waals surface area contributed by atoms with Gasteiger partial charge in [-0.15, -0.1) is 11.6 Å². The van der Waals surface area contributed by atoms with Gasteiger partial charge < -0.3 is 4.57 Å². The van der Waals surface area contributed by atoms with Gasteiger partial charge in [0.1, 0.15) is 11.3 Å². The van der Waals surface area contributed by atoms with Crippen molar-refractivity contribution < 1.29 is 0 Å². The quantitative estimate of drug-likeness (QED) is 0.738. The molecule has 2 aromatic heterocycles. The molecular weight excluding hydrogens is 326 g/mol. The highest BCUT2D eigenvalue weighted by Crippen LogP contribution is 2.39. The number of rotatable bonds is 5. The third kappa shape index (κ3) is 2.65. The van der Waals surface area contributed by atoms with Crippen molar-refractivity contribution in [1.29, 1.82) is 0 Å². The molecule has 0 bridgehead atoms. The van der Waals surface area contributed by atoms with E-state index in [1.807, 2.05) is 12.3 Å². The van der Waals surface area contributed by atoms with Crippen molar-refractivity contribution in [3.8, 4) is 0 Å². The molecule has 1 aliphatic rings. The van der Waals surface area contributed by atoms with E-state index in [0.717, 1.165) is 33.8 Å². The average Bonchev–Trinajstić information content (AvgIpc) is 3.15. The Hall–Kier alpha value is -0.610. The normalized spacial score (nSPS) is 17.0. The van der Waals surface area contributed by atoms with E-state index in [1.54, 1.807) is 0 Å². The van der Waals surface area contributed by atoms with Crippen molar-refractivity contribution in [3.05, 3.63) is 22.6 Å². The van der Waals surface area contributed by atoms with Gasteiger partial charge in [-0.05, 0) is 40.8 Å². The summed E-state index contributed by atoms with van der Waals surface area (Å²) in [6.45, 7) is 2.23. The Bertz CT molecular complexity index is 592. The van der Waals surface area contributed by atoms with E-state index in [1.165, 1.54) is 19.3 Å². The van der Waals surface area contributed by atoms with E-state index < -0.39 is 0 Å². The van der Waals surface area contributed by atoms with Crippen molar-refractivity contribution in [3.63, 3.8) is 0 Å². The molecule has 3 rings (SSSR count). The predicted octanol–water partition coefficient (Wildman–Crippen LogP) is 4.68. The van der Waals surface area contributed by atoms with Gasteiger partial charge in [0.2, 0.25) is 0 Å². The van der Waals surface area contributed by atoms with Crippen LogP contribution in [0.5, 0.6) is 0 Å². The van der Waals surface area contributed by atoms with E-state index in [0.29, 0.717) is 11.9 Å². The number of hydrogen-bond acceptors (Lipinski definition) is 2. The average molecular weight is 343 g/mol. The molecule has 1 fully saturated rings. The maximum Gasteiger partial charge on any atom is 0.160 e. The Morgan fingerprint density at radius 3 is 2.95 bits per heavy atom. The predicted molar refractivity (Wildman–Crippen MR) is 81.5 cm³/mol. The summed E-state index contributed by atoms with van der Waals surface area (Å²) in [7, 11) is 0.